The number of nitrogens with one attached hydrogen (secondary N) is 1. The van der Waals surface area contributed by atoms with Gasteiger partial charge in [0.25, 0.3) is 0 Å². The lowest BCUT2D eigenvalue weighted by atomic mass is 9.97. The second-order valence-corrected chi connectivity index (χ2v) is 4.29. The van der Waals surface area contributed by atoms with E-state index in [1.807, 2.05) is 4.90 Å². The first-order chi connectivity index (χ1) is 6.22. The van der Waals surface area contributed by atoms with E-state index in [2.05, 4.69) is 0 Å². The maximum Gasteiger partial charge on any atom is 0.244 e. The van der Waals surface area contributed by atoms with Crippen LogP contribution in [0, 0.1) is 0 Å². The number of hydrogen-bond donors (Lipinski definition) is 0. The van der Waals surface area contributed by atoms with Crippen LogP contribution < -0.4 is 5.73 Å². The zero-order valence-electron chi connectivity index (χ0n) is 8.01. The lowest BCUT2D eigenvalue weighted by molar-refractivity contribution is -0.136. The van der Waals surface area contributed by atoms with Crippen molar-refractivity contribution in [2.45, 2.75) is 44.1 Å². The van der Waals surface area contributed by atoms with Gasteiger partial charge in [0.2, 0.25) is 5.91 Å². The normalized spacial score (nSPS) is 26.7. The third-order valence-electron chi connectivity index (χ3n) is 3.26. The Bertz CT molecular complexity index is 203. The summed E-state index contributed by atoms with van der Waals surface area (Å²) in [4.78, 5) is 13.8. The van der Waals surface area contributed by atoms with Gasteiger partial charge in [-0.05, 0) is 25.7 Å². The SMILES string of the molecule is [NH]C1(C(=O)N2CCCC2)CCCC1. The number of rotatable bonds is 1. The van der Waals surface area contributed by atoms with Gasteiger partial charge in [0.05, 0.1) is 0 Å². The molecular formula is C10H17N2O. The second kappa shape index (κ2) is 3.29. The van der Waals surface area contributed by atoms with Crippen LogP contribution in [0.15, 0.2) is 0 Å². The summed E-state index contributed by atoms with van der Waals surface area (Å²) in [7, 11) is 0. The van der Waals surface area contributed by atoms with E-state index in [1.165, 1.54) is 0 Å². The van der Waals surface area contributed by atoms with E-state index in [-0.39, 0.29) is 5.91 Å². The van der Waals surface area contributed by atoms with Crippen LogP contribution >= 0.6 is 0 Å². The molecule has 1 aliphatic carbocycles. The van der Waals surface area contributed by atoms with Crippen molar-refractivity contribution >= 4 is 5.91 Å². The van der Waals surface area contributed by atoms with Gasteiger partial charge in [-0.25, -0.2) is 5.73 Å². The lowest BCUT2D eigenvalue weighted by Crippen LogP contribution is -2.47. The van der Waals surface area contributed by atoms with E-state index in [1.54, 1.807) is 0 Å². The molecule has 0 aromatic rings. The molecule has 0 unspecified atom stereocenters. The van der Waals surface area contributed by atoms with Crippen LogP contribution in [0.4, 0.5) is 0 Å². The van der Waals surface area contributed by atoms with Gasteiger partial charge in [-0.15, -0.1) is 0 Å². The number of carbonyl (C=O) groups is 1. The standard InChI is InChI=1S/C10H17N2O/c11-10(5-1-2-6-10)9(13)12-7-3-4-8-12/h11H,1-8H2. The molecule has 1 amide bonds. The summed E-state index contributed by atoms with van der Waals surface area (Å²) in [5, 5.41) is 0. The van der Waals surface area contributed by atoms with Gasteiger partial charge in [0.15, 0.2) is 0 Å². The van der Waals surface area contributed by atoms with Crippen molar-refractivity contribution in [1.82, 2.24) is 10.6 Å². The van der Waals surface area contributed by atoms with Crippen molar-refractivity contribution in [2.75, 3.05) is 13.1 Å². The van der Waals surface area contributed by atoms with E-state index >= 15 is 0 Å². The number of hydrogen-bond acceptors (Lipinski definition) is 1. The van der Waals surface area contributed by atoms with Crippen LogP contribution in [0.3, 0.4) is 0 Å². The molecule has 0 aromatic heterocycles. The van der Waals surface area contributed by atoms with Gasteiger partial charge >= 0.3 is 0 Å². The molecule has 3 heteroatoms. The molecule has 0 aromatic carbocycles. The highest BCUT2D eigenvalue weighted by molar-refractivity contribution is 5.86. The van der Waals surface area contributed by atoms with Crippen molar-refractivity contribution in [3.63, 3.8) is 0 Å². The van der Waals surface area contributed by atoms with Crippen LogP contribution in [0.1, 0.15) is 38.5 Å². The third kappa shape index (κ3) is 1.57. The van der Waals surface area contributed by atoms with Gasteiger partial charge in [0.1, 0.15) is 5.54 Å². The molecule has 1 aliphatic heterocycles. The number of nitrogens with zero attached hydrogens (tertiary/aromatic N) is 1. The van der Waals surface area contributed by atoms with E-state index in [9.17, 15) is 4.79 Å². The van der Waals surface area contributed by atoms with Crippen LogP contribution in [0.2, 0.25) is 0 Å². The predicted molar refractivity (Wildman–Crippen MR) is 50.1 cm³/mol. The third-order valence-corrected chi connectivity index (χ3v) is 3.26. The molecule has 1 radical (unpaired) electrons. The second-order valence-electron chi connectivity index (χ2n) is 4.29. The molecule has 0 bridgehead atoms. The Morgan fingerprint density at radius 1 is 1.08 bits per heavy atom. The van der Waals surface area contributed by atoms with Gasteiger partial charge < -0.3 is 4.90 Å². The molecule has 3 nitrogen and oxygen atoms in total. The summed E-state index contributed by atoms with van der Waals surface area (Å²) >= 11 is 0. The van der Waals surface area contributed by atoms with Gasteiger partial charge in [-0.3, -0.25) is 4.79 Å². The smallest absolute Gasteiger partial charge is 0.244 e. The summed E-state index contributed by atoms with van der Waals surface area (Å²) in [6.45, 7) is 1.78. The van der Waals surface area contributed by atoms with Crippen molar-refractivity contribution in [3.05, 3.63) is 0 Å². The topological polar surface area (TPSA) is 44.1 Å². The molecule has 1 saturated carbocycles. The molecule has 2 aliphatic rings. The zero-order chi connectivity index (χ0) is 9.31. The van der Waals surface area contributed by atoms with Crippen LogP contribution in [-0.2, 0) is 4.79 Å². The van der Waals surface area contributed by atoms with Gasteiger partial charge in [-0.2, -0.15) is 0 Å². The molecule has 1 N–H and O–H groups in total. The Labute approximate surface area is 79.3 Å². The van der Waals surface area contributed by atoms with Crippen molar-refractivity contribution in [2.24, 2.45) is 0 Å². The quantitative estimate of drug-likeness (QED) is 0.599. The van der Waals surface area contributed by atoms with E-state index < -0.39 is 5.54 Å². The Morgan fingerprint density at radius 3 is 2.15 bits per heavy atom. The molecule has 13 heavy (non-hydrogen) atoms. The Morgan fingerprint density at radius 2 is 1.62 bits per heavy atom. The highest BCUT2D eigenvalue weighted by Crippen LogP contribution is 2.31. The Kier molecular flexibility index (Phi) is 2.28. The molecular weight excluding hydrogens is 164 g/mol. The van der Waals surface area contributed by atoms with Gasteiger partial charge in [0, 0.05) is 13.1 Å². The number of likely N-dealkylation sites (tertiary alicyclic amines) is 1. The highest BCUT2D eigenvalue weighted by atomic mass is 16.2. The lowest BCUT2D eigenvalue weighted by Gasteiger charge is -2.27. The molecule has 73 valence electrons. The molecule has 1 saturated heterocycles. The Hall–Kier alpha value is -0.570. The molecule has 0 spiro atoms. The molecule has 2 rings (SSSR count). The number of amides is 1. The average Bonchev–Trinajstić information content (AvgIpc) is 2.73. The van der Waals surface area contributed by atoms with Crippen LogP contribution in [-0.4, -0.2) is 29.4 Å². The summed E-state index contributed by atoms with van der Waals surface area (Å²) < 4.78 is 0. The number of carbonyl (C=O) groups excluding carboxylic acids is 1. The molecule has 1 heterocycles. The first-order valence-electron chi connectivity index (χ1n) is 5.27. The predicted octanol–water partition coefficient (Wildman–Crippen LogP) is 1.20. The summed E-state index contributed by atoms with van der Waals surface area (Å²) in [6, 6.07) is 0. The van der Waals surface area contributed by atoms with Crippen molar-refractivity contribution in [1.29, 1.82) is 0 Å². The van der Waals surface area contributed by atoms with Crippen LogP contribution in [0.5, 0.6) is 0 Å². The fourth-order valence-corrected chi connectivity index (χ4v) is 2.42. The fraction of sp³-hybridized carbons (Fsp3) is 0.900. The summed E-state index contributed by atoms with van der Waals surface area (Å²) in [5.41, 5.74) is 7.31. The van der Waals surface area contributed by atoms with Crippen molar-refractivity contribution < 1.29 is 4.79 Å². The zero-order valence-corrected chi connectivity index (χ0v) is 8.01. The summed E-state index contributed by atoms with van der Waals surface area (Å²) in [5.74, 6) is 0.0995. The monoisotopic (exact) mass is 181 g/mol. The van der Waals surface area contributed by atoms with Crippen LogP contribution in [0.25, 0.3) is 0 Å². The average molecular weight is 181 g/mol. The minimum Gasteiger partial charge on any atom is -0.341 e. The minimum atomic E-state index is -0.746. The van der Waals surface area contributed by atoms with E-state index in [4.69, 9.17) is 5.73 Å². The fourth-order valence-electron chi connectivity index (χ4n) is 2.42. The first-order valence-corrected chi connectivity index (χ1v) is 5.27. The largest absolute Gasteiger partial charge is 0.341 e. The maximum absolute atomic E-state index is 11.9. The molecule has 0 atom stereocenters. The Balaban J connectivity index is 2.02. The van der Waals surface area contributed by atoms with E-state index in [0.717, 1.165) is 51.6 Å². The first kappa shape index (κ1) is 9.00. The van der Waals surface area contributed by atoms with Crippen molar-refractivity contribution in [3.8, 4) is 0 Å². The summed E-state index contributed by atoms with van der Waals surface area (Å²) in [6.07, 6.45) is 5.93. The van der Waals surface area contributed by atoms with Gasteiger partial charge in [-0.1, -0.05) is 12.8 Å². The maximum atomic E-state index is 11.9. The minimum absolute atomic E-state index is 0.0995. The molecule has 2 fully saturated rings. The van der Waals surface area contributed by atoms with E-state index in [0.29, 0.717) is 0 Å². The highest BCUT2D eigenvalue weighted by Gasteiger charge is 2.41.